The van der Waals surface area contributed by atoms with Gasteiger partial charge in [-0.05, 0) is 34.4 Å². The summed E-state index contributed by atoms with van der Waals surface area (Å²) in [5.41, 5.74) is 2.15. The van der Waals surface area contributed by atoms with E-state index in [0.29, 0.717) is 22.3 Å². The Balaban J connectivity index is 1.85. The van der Waals surface area contributed by atoms with Crippen LogP contribution in [0.1, 0.15) is 11.1 Å². The molecule has 0 amide bonds. The molecule has 0 unspecified atom stereocenters. The SMILES string of the molecule is N#Cc1c(F)c(F)c(Oc2c(-c3ccccc3)cc(-c3ccccc3)cc2-c2ccccc2)c(F)c1C#N. The second kappa shape index (κ2) is 10.3. The third-order valence-corrected chi connectivity index (χ3v) is 6.07. The van der Waals surface area contributed by atoms with Crippen molar-refractivity contribution in [3.63, 3.8) is 0 Å². The van der Waals surface area contributed by atoms with Crippen LogP contribution >= 0.6 is 0 Å². The highest BCUT2D eigenvalue weighted by atomic mass is 19.2. The maximum Gasteiger partial charge on any atom is 0.205 e. The minimum atomic E-state index is -1.69. The van der Waals surface area contributed by atoms with Crippen molar-refractivity contribution in [1.82, 2.24) is 0 Å². The molecule has 5 rings (SSSR count). The molecule has 0 saturated heterocycles. The smallest absolute Gasteiger partial charge is 0.205 e. The Kier molecular flexibility index (Phi) is 6.63. The first kappa shape index (κ1) is 24.4. The van der Waals surface area contributed by atoms with E-state index >= 15 is 8.78 Å². The maximum atomic E-state index is 15.4. The number of hydrogen-bond donors (Lipinski definition) is 0. The van der Waals surface area contributed by atoms with Crippen molar-refractivity contribution in [1.29, 1.82) is 10.5 Å². The van der Waals surface area contributed by atoms with Crippen molar-refractivity contribution in [3.8, 4) is 57.0 Å². The second-order valence-electron chi connectivity index (χ2n) is 8.35. The van der Waals surface area contributed by atoms with Gasteiger partial charge in [-0.25, -0.2) is 8.78 Å². The molecule has 182 valence electrons. The molecule has 0 fully saturated rings. The molecule has 0 N–H and O–H groups in total. The summed E-state index contributed by atoms with van der Waals surface area (Å²) in [7, 11) is 0. The predicted molar refractivity (Wildman–Crippen MR) is 139 cm³/mol. The van der Waals surface area contributed by atoms with Crippen molar-refractivity contribution < 1.29 is 17.9 Å². The number of nitriles is 2. The molecule has 0 atom stereocenters. The minimum Gasteiger partial charge on any atom is -0.450 e. The van der Waals surface area contributed by atoms with Gasteiger partial charge in [0.2, 0.25) is 11.6 Å². The number of nitrogens with zero attached hydrogens (tertiary/aromatic N) is 2. The Hall–Kier alpha value is -5.33. The lowest BCUT2D eigenvalue weighted by Crippen LogP contribution is -2.05. The Morgan fingerprint density at radius 3 is 1.34 bits per heavy atom. The first-order valence-electron chi connectivity index (χ1n) is 11.6. The molecule has 5 aromatic rings. The fourth-order valence-corrected chi connectivity index (χ4v) is 4.24. The van der Waals surface area contributed by atoms with Crippen LogP contribution in [0.15, 0.2) is 103 Å². The van der Waals surface area contributed by atoms with E-state index in [-0.39, 0.29) is 5.75 Å². The van der Waals surface area contributed by atoms with Gasteiger partial charge in [-0.15, -0.1) is 0 Å². The molecule has 0 aromatic heterocycles. The van der Waals surface area contributed by atoms with E-state index < -0.39 is 34.3 Å². The normalized spacial score (nSPS) is 10.4. The zero-order chi connectivity index (χ0) is 26.6. The lowest BCUT2D eigenvalue weighted by molar-refractivity contribution is 0.386. The van der Waals surface area contributed by atoms with Crippen molar-refractivity contribution in [2.45, 2.75) is 0 Å². The average molecular weight is 502 g/mol. The second-order valence-corrected chi connectivity index (χ2v) is 8.35. The molecule has 3 nitrogen and oxygen atoms in total. The molecular formula is C32H17F3N2O. The largest absolute Gasteiger partial charge is 0.450 e. The van der Waals surface area contributed by atoms with E-state index in [1.54, 1.807) is 0 Å². The van der Waals surface area contributed by atoms with Crippen molar-refractivity contribution in [2.75, 3.05) is 0 Å². The molecule has 38 heavy (non-hydrogen) atoms. The lowest BCUT2D eigenvalue weighted by Gasteiger charge is -2.20. The Labute approximate surface area is 217 Å². The average Bonchev–Trinajstić information content (AvgIpc) is 2.98. The monoisotopic (exact) mass is 502 g/mol. The van der Waals surface area contributed by atoms with Gasteiger partial charge >= 0.3 is 0 Å². The van der Waals surface area contributed by atoms with Gasteiger partial charge in [0.25, 0.3) is 0 Å². The number of halogens is 3. The van der Waals surface area contributed by atoms with Crippen LogP contribution in [0.4, 0.5) is 13.2 Å². The molecule has 6 heteroatoms. The molecule has 5 aromatic carbocycles. The predicted octanol–water partition coefficient (Wildman–Crippen LogP) is 8.64. The van der Waals surface area contributed by atoms with E-state index in [2.05, 4.69) is 0 Å². The highest BCUT2D eigenvalue weighted by Gasteiger charge is 2.29. The summed E-state index contributed by atoms with van der Waals surface area (Å²) >= 11 is 0. The quantitative estimate of drug-likeness (QED) is 0.226. The molecule has 0 aliphatic rings. The summed E-state index contributed by atoms with van der Waals surface area (Å²) in [5.74, 6) is -5.83. The number of rotatable bonds is 5. The van der Waals surface area contributed by atoms with Crippen LogP contribution in [-0.2, 0) is 0 Å². The molecule has 0 spiro atoms. The van der Waals surface area contributed by atoms with E-state index in [1.807, 2.05) is 103 Å². The van der Waals surface area contributed by atoms with Gasteiger partial charge in [-0.2, -0.15) is 14.9 Å². The number of ether oxygens (including phenoxy) is 1. The van der Waals surface area contributed by atoms with Gasteiger partial charge < -0.3 is 4.74 Å². The van der Waals surface area contributed by atoms with Gasteiger partial charge in [-0.1, -0.05) is 91.0 Å². The highest BCUT2D eigenvalue weighted by molar-refractivity contribution is 5.88. The Morgan fingerprint density at radius 1 is 0.474 bits per heavy atom. The fourth-order valence-electron chi connectivity index (χ4n) is 4.24. The van der Waals surface area contributed by atoms with Crippen LogP contribution in [0.25, 0.3) is 33.4 Å². The van der Waals surface area contributed by atoms with Crippen LogP contribution in [0, 0.1) is 40.1 Å². The van der Waals surface area contributed by atoms with E-state index in [1.165, 1.54) is 12.1 Å². The van der Waals surface area contributed by atoms with Gasteiger partial charge in [0.05, 0.1) is 0 Å². The molecule has 0 aliphatic carbocycles. The van der Waals surface area contributed by atoms with Crippen molar-refractivity contribution in [3.05, 3.63) is 132 Å². The molecule has 0 bridgehead atoms. The van der Waals surface area contributed by atoms with Gasteiger partial charge in [0.15, 0.2) is 11.6 Å². The Bertz CT molecular complexity index is 1660. The third kappa shape index (κ3) is 4.36. The first-order chi connectivity index (χ1) is 18.5. The molecule has 0 radical (unpaired) electrons. The van der Waals surface area contributed by atoms with Crippen LogP contribution < -0.4 is 4.74 Å². The third-order valence-electron chi connectivity index (χ3n) is 6.07. The zero-order valence-corrected chi connectivity index (χ0v) is 19.8. The van der Waals surface area contributed by atoms with Crippen LogP contribution in [0.2, 0.25) is 0 Å². The topological polar surface area (TPSA) is 56.8 Å². The number of benzene rings is 5. The Morgan fingerprint density at radius 2 is 0.895 bits per heavy atom. The zero-order valence-electron chi connectivity index (χ0n) is 19.8. The van der Waals surface area contributed by atoms with Gasteiger partial charge in [-0.3, -0.25) is 0 Å². The summed E-state index contributed by atoms with van der Waals surface area (Å²) in [6.45, 7) is 0. The summed E-state index contributed by atoms with van der Waals surface area (Å²) in [6.07, 6.45) is 0. The van der Waals surface area contributed by atoms with Crippen molar-refractivity contribution >= 4 is 0 Å². The summed E-state index contributed by atoms with van der Waals surface area (Å²) in [4.78, 5) is 0. The van der Waals surface area contributed by atoms with E-state index in [0.717, 1.165) is 11.1 Å². The molecular weight excluding hydrogens is 485 g/mol. The van der Waals surface area contributed by atoms with E-state index in [9.17, 15) is 9.65 Å². The van der Waals surface area contributed by atoms with Crippen LogP contribution in [-0.4, -0.2) is 0 Å². The highest BCUT2D eigenvalue weighted by Crippen LogP contribution is 2.46. The van der Waals surface area contributed by atoms with Gasteiger partial charge in [0, 0.05) is 11.1 Å². The van der Waals surface area contributed by atoms with Crippen LogP contribution in [0.3, 0.4) is 0 Å². The molecule has 0 heterocycles. The minimum absolute atomic E-state index is 0.0629. The fraction of sp³-hybridized carbons (Fsp3) is 0. The molecule has 0 aliphatic heterocycles. The summed E-state index contributed by atoms with van der Waals surface area (Å²) in [6, 6.07) is 34.2. The lowest BCUT2D eigenvalue weighted by atomic mass is 9.92. The standard InChI is InChI=1S/C32H17F3N2O/c33-28-26(18-36)27(19-37)29(34)32(30(28)35)38-31-24(21-12-6-2-7-13-21)16-23(20-10-4-1-5-11-20)17-25(31)22-14-8-3-9-15-22/h1-17H. The van der Waals surface area contributed by atoms with E-state index in [4.69, 9.17) is 10.00 Å². The van der Waals surface area contributed by atoms with Crippen molar-refractivity contribution in [2.24, 2.45) is 0 Å². The first-order valence-corrected chi connectivity index (χ1v) is 11.6. The van der Waals surface area contributed by atoms with Gasteiger partial charge in [0.1, 0.15) is 29.0 Å². The summed E-state index contributed by atoms with van der Waals surface area (Å²) in [5, 5.41) is 18.5. The van der Waals surface area contributed by atoms with Crippen LogP contribution in [0.5, 0.6) is 11.5 Å². The number of hydrogen-bond acceptors (Lipinski definition) is 3. The molecule has 0 saturated carbocycles. The summed E-state index contributed by atoms with van der Waals surface area (Å²) < 4.78 is 51.1. The maximum absolute atomic E-state index is 15.4.